The lowest BCUT2D eigenvalue weighted by atomic mass is 10.0. The van der Waals surface area contributed by atoms with Gasteiger partial charge in [0.25, 0.3) is 0 Å². The molecular weight excluding hydrogens is 288 g/mol. The molecule has 1 saturated heterocycles. The Morgan fingerprint density at radius 3 is 2.74 bits per heavy atom. The number of nitriles is 1. The van der Waals surface area contributed by atoms with Crippen molar-refractivity contribution in [1.82, 2.24) is 15.1 Å². The van der Waals surface area contributed by atoms with E-state index in [4.69, 9.17) is 5.26 Å². The zero-order valence-electron chi connectivity index (χ0n) is 13.6. The Morgan fingerprint density at radius 2 is 2.13 bits per heavy atom. The predicted octanol–water partition coefficient (Wildman–Crippen LogP) is 2.77. The van der Waals surface area contributed by atoms with Crippen LogP contribution in [0.3, 0.4) is 0 Å². The minimum absolute atomic E-state index is 0.321. The highest BCUT2D eigenvalue weighted by molar-refractivity contribution is 5.33. The fourth-order valence-electron chi connectivity index (χ4n) is 3.53. The van der Waals surface area contributed by atoms with Crippen molar-refractivity contribution in [3.8, 4) is 6.07 Å². The van der Waals surface area contributed by atoms with Crippen molar-refractivity contribution >= 4 is 0 Å². The molecule has 2 aromatic rings. The van der Waals surface area contributed by atoms with E-state index >= 15 is 0 Å². The molecule has 1 aliphatic heterocycles. The number of aliphatic hydroxyl groups is 1. The topological polar surface area (TPSA) is 75.9 Å². The maximum absolute atomic E-state index is 10.6. The van der Waals surface area contributed by atoms with Gasteiger partial charge in [-0.2, -0.15) is 10.4 Å². The molecule has 3 rings (SSSR count). The summed E-state index contributed by atoms with van der Waals surface area (Å²) < 4.78 is 0. The third-order valence-corrected chi connectivity index (χ3v) is 4.71. The van der Waals surface area contributed by atoms with Gasteiger partial charge in [0.15, 0.2) is 0 Å². The molecule has 0 amide bonds. The summed E-state index contributed by atoms with van der Waals surface area (Å²) in [7, 11) is 0. The van der Waals surface area contributed by atoms with Gasteiger partial charge in [-0.15, -0.1) is 0 Å². The van der Waals surface area contributed by atoms with Gasteiger partial charge in [0.1, 0.15) is 0 Å². The minimum Gasteiger partial charge on any atom is -0.387 e. The minimum atomic E-state index is -0.546. The number of β-amino-alcohol motifs (C(OH)–C–C–N with tert-alkyl or cyclic N) is 1. The number of benzene rings is 1. The standard InChI is InChI=1S/C18H22N4O/c1-12-18(13(2)21-20-12)16-4-3-9-22(16)11-17(23)15-7-5-14(10-19)6-8-15/h5-8,16-17,23H,3-4,9,11H2,1-2H3,(H,20,21). The monoisotopic (exact) mass is 310 g/mol. The zero-order valence-corrected chi connectivity index (χ0v) is 13.6. The highest BCUT2D eigenvalue weighted by atomic mass is 16.3. The van der Waals surface area contributed by atoms with Gasteiger partial charge in [0.05, 0.1) is 23.4 Å². The van der Waals surface area contributed by atoms with E-state index in [0.717, 1.165) is 36.3 Å². The van der Waals surface area contributed by atoms with Crippen molar-refractivity contribution in [2.75, 3.05) is 13.1 Å². The summed E-state index contributed by atoms with van der Waals surface area (Å²) in [4.78, 5) is 2.34. The first-order chi connectivity index (χ1) is 11.1. The van der Waals surface area contributed by atoms with Crippen LogP contribution in [0, 0.1) is 25.2 Å². The second kappa shape index (κ2) is 6.53. The number of aliphatic hydroxyl groups excluding tert-OH is 1. The van der Waals surface area contributed by atoms with Gasteiger partial charge in [-0.1, -0.05) is 12.1 Å². The molecule has 5 heteroatoms. The fraction of sp³-hybridized carbons (Fsp3) is 0.444. The Balaban J connectivity index is 1.74. The van der Waals surface area contributed by atoms with Gasteiger partial charge in [0.2, 0.25) is 0 Å². The van der Waals surface area contributed by atoms with Crippen molar-refractivity contribution in [3.63, 3.8) is 0 Å². The Bertz CT molecular complexity index is 694. The lowest BCUT2D eigenvalue weighted by Crippen LogP contribution is -2.29. The molecule has 1 aromatic carbocycles. The van der Waals surface area contributed by atoms with Crippen LogP contribution < -0.4 is 0 Å². The molecular formula is C18H22N4O. The second-order valence-electron chi connectivity index (χ2n) is 6.25. The summed E-state index contributed by atoms with van der Waals surface area (Å²) in [6.45, 7) is 5.68. The van der Waals surface area contributed by atoms with Gasteiger partial charge in [0, 0.05) is 23.8 Å². The number of likely N-dealkylation sites (tertiary alicyclic amines) is 1. The highest BCUT2D eigenvalue weighted by Gasteiger charge is 2.31. The lowest BCUT2D eigenvalue weighted by Gasteiger charge is -2.27. The summed E-state index contributed by atoms with van der Waals surface area (Å²) in [6.07, 6.45) is 1.69. The molecule has 0 saturated carbocycles. The van der Waals surface area contributed by atoms with Crippen LogP contribution in [0.5, 0.6) is 0 Å². The maximum Gasteiger partial charge on any atom is 0.0991 e. The van der Waals surface area contributed by atoms with Crippen molar-refractivity contribution in [2.24, 2.45) is 0 Å². The van der Waals surface area contributed by atoms with Crippen LogP contribution in [-0.4, -0.2) is 33.3 Å². The van der Waals surface area contributed by atoms with Crippen LogP contribution in [0.25, 0.3) is 0 Å². The number of H-pyrrole nitrogens is 1. The van der Waals surface area contributed by atoms with Gasteiger partial charge >= 0.3 is 0 Å². The SMILES string of the molecule is Cc1n[nH]c(C)c1C1CCCN1CC(O)c1ccc(C#N)cc1. The fourth-order valence-corrected chi connectivity index (χ4v) is 3.53. The first-order valence-corrected chi connectivity index (χ1v) is 8.03. The number of nitrogens with one attached hydrogen (secondary N) is 1. The summed E-state index contributed by atoms with van der Waals surface area (Å²) in [5.41, 5.74) is 4.91. The highest BCUT2D eigenvalue weighted by Crippen LogP contribution is 2.35. The Labute approximate surface area is 136 Å². The van der Waals surface area contributed by atoms with E-state index in [1.807, 2.05) is 19.1 Å². The summed E-state index contributed by atoms with van der Waals surface area (Å²) in [5.74, 6) is 0. The van der Waals surface area contributed by atoms with Gasteiger partial charge < -0.3 is 5.11 Å². The molecule has 5 nitrogen and oxygen atoms in total. The number of aromatic nitrogens is 2. The molecule has 120 valence electrons. The number of hydrogen-bond donors (Lipinski definition) is 2. The Morgan fingerprint density at radius 1 is 1.39 bits per heavy atom. The Kier molecular flexibility index (Phi) is 4.46. The Hall–Kier alpha value is -2.16. The molecule has 1 fully saturated rings. The summed E-state index contributed by atoms with van der Waals surface area (Å²) in [6, 6.07) is 9.60. The van der Waals surface area contributed by atoms with Crippen LogP contribution in [0.4, 0.5) is 0 Å². The van der Waals surface area contributed by atoms with Crippen molar-refractivity contribution in [3.05, 3.63) is 52.3 Å². The third kappa shape index (κ3) is 3.14. The zero-order chi connectivity index (χ0) is 16.4. The molecule has 0 aliphatic carbocycles. The first kappa shape index (κ1) is 15.7. The molecule has 1 aliphatic rings. The predicted molar refractivity (Wildman–Crippen MR) is 87.7 cm³/mol. The van der Waals surface area contributed by atoms with E-state index in [0.29, 0.717) is 18.2 Å². The van der Waals surface area contributed by atoms with Gasteiger partial charge in [-0.3, -0.25) is 10.00 Å². The third-order valence-electron chi connectivity index (χ3n) is 4.71. The molecule has 2 unspecified atom stereocenters. The van der Waals surface area contributed by atoms with Crippen molar-refractivity contribution in [2.45, 2.75) is 38.8 Å². The van der Waals surface area contributed by atoms with E-state index in [1.165, 1.54) is 5.56 Å². The first-order valence-electron chi connectivity index (χ1n) is 8.03. The lowest BCUT2D eigenvalue weighted by molar-refractivity contribution is 0.106. The number of aryl methyl sites for hydroxylation is 2. The summed E-state index contributed by atoms with van der Waals surface area (Å²) in [5, 5.41) is 26.8. The van der Waals surface area contributed by atoms with Crippen LogP contribution in [-0.2, 0) is 0 Å². The van der Waals surface area contributed by atoms with E-state index in [-0.39, 0.29) is 0 Å². The van der Waals surface area contributed by atoms with E-state index in [2.05, 4.69) is 28.1 Å². The van der Waals surface area contributed by atoms with Crippen LogP contribution in [0.15, 0.2) is 24.3 Å². The van der Waals surface area contributed by atoms with Crippen LogP contribution in [0.2, 0.25) is 0 Å². The maximum atomic E-state index is 10.6. The molecule has 23 heavy (non-hydrogen) atoms. The van der Waals surface area contributed by atoms with E-state index < -0.39 is 6.10 Å². The van der Waals surface area contributed by atoms with Gasteiger partial charge in [-0.05, 0) is 50.9 Å². The molecule has 0 radical (unpaired) electrons. The normalized spacial score (nSPS) is 19.7. The van der Waals surface area contributed by atoms with Crippen LogP contribution >= 0.6 is 0 Å². The van der Waals surface area contributed by atoms with Crippen molar-refractivity contribution in [1.29, 1.82) is 5.26 Å². The average Bonchev–Trinajstić information content (AvgIpc) is 3.13. The van der Waals surface area contributed by atoms with Crippen molar-refractivity contribution < 1.29 is 5.11 Å². The number of hydrogen-bond acceptors (Lipinski definition) is 4. The molecule has 0 bridgehead atoms. The van der Waals surface area contributed by atoms with E-state index in [1.54, 1.807) is 12.1 Å². The average molecular weight is 310 g/mol. The quantitative estimate of drug-likeness (QED) is 0.910. The smallest absolute Gasteiger partial charge is 0.0991 e. The molecule has 0 spiro atoms. The second-order valence-corrected chi connectivity index (χ2v) is 6.25. The number of nitrogens with zero attached hydrogens (tertiary/aromatic N) is 3. The van der Waals surface area contributed by atoms with Gasteiger partial charge in [-0.25, -0.2) is 0 Å². The molecule has 1 aromatic heterocycles. The largest absolute Gasteiger partial charge is 0.387 e. The summed E-state index contributed by atoms with van der Waals surface area (Å²) >= 11 is 0. The number of rotatable bonds is 4. The molecule has 2 atom stereocenters. The number of aromatic amines is 1. The van der Waals surface area contributed by atoms with Crippen LogP contribution in [0.1, 0.15) is 53.1 Å². The molecule has 2 heterocycles. The molecule has 2 N–H and O–H groups in total. The van der Waals surface area contributed by atoms with E-state index in [9.17, 15) is 5.11 Å².